The standard InChI is InChI=1S/C7H10O2/c1-3-6-5(2)4-7(8)9-6/h3,5H,4H2,1-2H3/b6-3+. The van der Waals surface area contributed by atoms with Crippen LogP contribution in [0.3, 0.4) is 0 Å². The van der Waals surface area contributed by atoms with E-state index in [2.05, 4.69) is 0 Å². The van der Waals surface area contributed by atoms with E-state index in [-0.39, 0.29) is 5.97 Å². The topological polar surface area (TPSA) is 26.3 Å². The molecule has 1 fully saturated rings. The van der Waals surface area contributed by atoms with Crippen LogP contribution in [0.2, 0.25) is 0 Å². The highest BCUT2D eigenvalue weighted by Gasteiger charge is 2.24. The summed E-state index contributed by atoms with van der Waals surface area (Å²) in [6, 6.07) is 0. The molecule has 0 amide bonds. The fourth-order valence-corrected chi connectivity index (χ4v) is 0.968. The van der Waals surface area contributed by atoms with Crippen LogP contribution in [0.15, 0.2) is 11.8 Å². The number of hydrogen-bond donors (Lipinski definition) is 0. The Labute approximate surface area is 54.5 Å². The van der Waals surface area contributed by atoms with Gasteiger partial charge in [0.25, 0.3) is 0 Å². The molecule has 2 nitrogen and oxygen atoms in total. The Bertz CT molecular complexity index is 158. The second kappa shape index (κ2) is 2.21. The summed E-state index contributed by atoms with van der Waals surface area (Å²) in [5, 5.41) is 0. The molecule has 0 aromatic heterocycles. The molecule has 2 heteroatoms. The van der Waals surface area contributed by atoms with Gasteiger partial charge in [0, 0.05) is 5.92 Å². The molecule has 50 valence electrons. The number of ether oxygens (including phenoxy) is 1. The lowest BCUT2D eigenvalue weighted by Gasteiger charge is -1.96. The van der Waals surface area contributed by atoms with Gasteiger partial charge in [0.05, 0.1) is 6.42 Å². The molecule has 0 aromatic rings. The lowest BCUT2D eigenvalue weighted by atomic mass is 10.1. The minimum Gasteiger partial charge on any atom is -0.431 e. The number of cyclic esters (lactones) is 1. The van der Waals surface area contributed by atoms with Crippen molar-refractivity contribution in [2.45, 2.75) is 20.3 Å². The van der Waals surface area contributed by atoms with Crippen molar-refractivity contribution in [1.82, 2.24) is 0 Å². The van der Waals surface area contributed by atoms with Gasteiger partial charge in [-0.1, -0.05) is 6.92 Å². The predicted molar refractivity (Wildman–Crippen MR) is 33.6 cm³/mol. The monoisotopic (exact) mass is 126 g/mol. The van der Waals surface area contributed by atoms with Crippen molar-refractivity contribution in [3.63, 3.8) is 0 Å². The minimum absolute atomic E-state index is 0.101. The maximum Gasteiger partial charge on any atom is 0.311 e. The average Bonchev–Trinajstić information content (AvgIpc) is 2.10. The third-order valence-corrected chi connectivity index (χ3v) is 1.47. The third-order valence-electron chi connectivity index (χ3n) is 1.47. The zero-order chi connectivity index (χ0) is 6.85. The van der Waals surface area contributed by atoms with Gasteiger partial charge in [-0.3, -0.25) is 4.79 Å². The summed E-state index contributed by atoms with van der Waals surface area (Å²) in [5.74, 6) is 1.01. The highest BCUT2D eigenvalue weighted by molar-refractivity contribution is 5.74. The number of carbonyl (C=O) groups is 1. The van der Waals surface area contributed by atoms with E-state index < -0.39 is 0 Å². The summed E-state index contributed by atoms with van der Waals surface area (Å²) < 4.78 is 4.84. The summed E-state index contributed by atoms with van der Waals surface area (Å²) in [7, 11) is 0. The van der Waals surface area contributed by atoms with Crippen molar-refractivity contribution in [1.29, 1.82) is 0 Å². The molecular formula is C7H10O2. The Morgan fingerprint density at radius 1 is 1.78 bits per heavy atom. The first-order valence-corrected chi connectivity index (χ1v) is 3.11. The van der Waals surface area contributed by atoms with E-state index in [0.29, 0.717) is 12.3 Å². The van der Waals surface area contributed by atoms with Gasteiger partial charge in [0.1, 0.15) is 5.76 Å². The quantitative estimate of drug-likeness (QED) is 0.459. The summed E-state index contributed by atoms with van der Waals surface area (Å²) >= 11 is 0. The smallest absolute Gasteiger partial charge is 0.311 e. The van der Waals surface area contributed by atoms with Crippen LogP contribution in [0.4, 0.5) is 0 Å². The zero-order valence-corrected chi connectivity index (χ0v) is 5.68. The van der Waals surface area contributed by atoms with Gasteiger partial charge in [-0.05, 0) is 13.0 Å². The fourth-order valence-electron chi connectivity index (χ4n) is 0.968. The second-order valence-electron chi connectivity index (χ2n) is 2.27. The first-order valence-electron chi connectivity index (χ1n) is 3.11. The molecule has 0 saturated carbocycles. The van der Waals surface area contributed by atoms with Crippen LogP contribution in [-0.4, -0.2) is 5.97 Å². The molecule has 0 bridgehead atoms. The van der Waals surface area contributed by atoms with Crippen LogP contribution in [-0.2, 0) is 9.53 Å². The van der Waals surface area contributed by atoms with E-state index >= 15 is 0 Å². The molecule has 1 atom stereocenters. The molecule has 0 aliphatic carbocycles. The fraction of sp³-hybridized carbons (Fsp3) is 0.571. The van der Waals surface area contributed by atoms with Crippen molar-refractivity contribution in [2.24, 2.45) is 5.92 Å². The van der Waals surface area contributed by atoms with Gasteiger partial charge in [-0.2, -0.15) is 0 Å². The van der Waals surface area contributed by atoms with Crippen molar-refractivity contribution in [2.75, 3.05) is 0 Å². The SMILES string of the molecule is C/C=C1/OC(=O)CC1C. The molecule has 9 heavy (non-hydrogen) atoms. The molecule has 0 aromatic carbocycles. The highest BCUT2D eigenvalue weighted by atomic mass is 16.5. The summed E-state index contributed by atoms with van der Waals surface area (Å²) in [6.45, 7) is 3.87. The minimum atomic E-state index is -0.101. The Balaban J connectivity index is 2.69. The van der Waals surface area contributed by atoms with Crippen molar-refractivity contribution >= 4 is 5.97 Å². The number of esters is 1. The van der Waals surface area contributed by atoms with Crippen LogP contribution in [0.5, 0.6) is 0 Å². The van der Waals surface area contributed by atoms with E-state index in [4.69, 9.17) is 4.74 Å². The van der Waals surface area contributed by atoms with E-state index in [0.717, 1.165) is 5.76 Å². The largest absolute Gasteiger partial charge is 0.431 e. The molecule has 1 rings (SSSR count). The van der Waals surface area contributed by atoms with E-state index in [1.807, 2.05) is 19.9 Å². The zero-order valence-electron chi connectivity index (χ0n) is 5.68. The van der Waals surface area contributed by atoms with Crippen LogP contribution >= 0.6 is 0 Å². The Morgan fingerprint density at radius 2 is 2.44 bits per heavy atom. The van der Waals surface area contributed by atoms with Crippen LogP contribution < -0.4 is 0 Å². The molecule has 0 spiro atoms. The highest BCUT2D eigenvalue weighted by Crippen LogP contribution is 2.24. The first kappa shape index (κ1) is 6.33. The van der Waals surface area contributed by atoms with Gasteiger partial charge in [0.2, 0.25) is 0 Å². The molecule has 1 aliphatic heterocycles. The third kappa shape index (κ3) is 1.12. The Morgan fingerprint density at radius 3 is 2.67 bits per heavy atom. The van der Waals surface area contributed by atoms with Crippen LogP contribution in [0, 0.1) is 5.92 Å². The molecule has 1 heterocycles. The van der Waals surface area contributed by atoms with Gasteiger partial charge in [0.15, 0.2) is 0 Å². The Kier molecular flexibility index (Phi) is 1.56. The molecular weight excluding hydrogens is 116 g/mol. The molecule has 0 N–H and O–H groups in total. The van der Waals surface area contributed by atoms with Crippen molar-refractivity contribution < 1.29 is 9.53 Å². The molecule has 1 aliphatic rings. The lowest BCUT2D eigenvalue weighted by Crippen LogP contribution is -1.88. The van der Waals surface area contributed by atoms with Crippen molar-refractivity contribution in [3.05, 3.63) is 11.8 Å². The second-order valence-corrected chi connectivity index (χ2v) is 2.27. The van der Waals surface area contributed by atoms with Gasteiger partial charge in [-0.15, -0.1) is 0 Å². The summed E-state index contributed by atoms with van der Waals surface area (Å²) in [5.41, 5.74) is 0. The predicted octanol–water partition coefficient (Wildman–Crippen LogP) is 1.47. The van der Waals surface area contributed by atoms with Crippen LogP contribution in [0.25, 0.3) is 0 Å². The van der Waals surface area contributed by atoms with E-state index in [1.54, 1.807) is 0 Å². The van der Waals surface area contributed by atoms with Gasteiger partial charge in [-0.25, -0.2) is 0 Å². The number of allylic oxidation sites excluding steroid dienone is 2. The maximum atomic E-state index is 10.6. The summed E-state index contributed by atoms with van der Waals surface area (Å²) in [6.07, 6.45) is 2.38. The number of carbonyl (C=O) groups excluding carboxylic acids is 1. The lowest BCUT2D eigenvalue weighted by molar-refractivity contribution is -0.135. The molecule has 0 radical (unpaired) electrons. The van der Waals surface area contributed by atoms with Crippen molar-refractivity contribution in [3.8, 4) is 0 Å². The maximum absolute atomic E-state index is 10.6. The van der Waals surface area contributed by atoms with Gasteiger partial charge < -0.3 is 4.74 Å². The molecule has 1 unspecified atom stereocenters. The van der Waals surface area contributed by atoms with Crippen LogP contribution in [0.1, 0.15) is 20.3 Å². The van der Waals surface area contributed by atoms with E-state index in [9.17, 15) is 4.79 Å². The normalized spacial score (nSPS) is 31.1. The number of rotatable bonds is 0. The average molecular weight is 126 g/mol. The summed E-state index contributed by atoms with van der Waals surface area (Å²) in [4.78, 5) is 10.6. The molecule has 1 saturated heterocycles. The number of hydrogen-bond acceptors (Lipinski definition) is 2. The first-order chi connectivity index (χ1) is 4.24. The van der Waals surface area contributed by atoms with Gasteiger partial charge >= 0.3 is 5.97 Å². The van der Waals surface area contributed by atoms with E-state index in [1.165, 1.54) is 0 Å². The Hall–Kier alpha value is -0.790.